The number of carboxylic acid groups (broad SMARTS) is 1. The van der Waals surface area contributed by atoms with Crippen LogP contribution in [0.5, 0.6) is 5.75 Å². The molecule has 1 aliphatic carbocycles. The van der Waals surface area contributed by atoms with Gasteiger partial charge in [-0.2, -0.15) is 22.0 Å². The lowest BCUT2D eigenvalue weighted by atomic mass is 9.67. The average Bonchev–Trinajstić information content (AvgIpc) is 3.88. The van der Waals surface area contributed by atoms with Crippen LogP contribution in [0.3, 0.4) is 0 Å². The molecule has 0 saturated carbocycles. The van der Waals surface area contributed by atoms with Crippen LogP contribution in [0.4, 0.5) is 26.3 Å². The summed E-state index contributed by atoms with van der Waals surface area (Å²) >= 11 is 0. The molecule has 3 atom stereocenters. The first kappa shape index (κ1) is 37.8. The molecule has 0 amide bonds. The molecule has 4 heterocycles. The predicted molar refractivity (Wildman–Crippen MR) is 194 cm³/mol. The summed E-state index contributed by atoms with van der Waals surface area (Å²) in [7, 11) is 0. The van der Waals surface area contributed by atoms with E-state index in [-0.39, 0.29) is 58.7 Å². The Morgan fingerprint density at radius 3 is 2.52 bits per heavy atom. The third kappa shape index (κ3) is 6.74. The third-order valence-corrected chi connectivity index (χ3v) is 11.3. The summed E-state index contributed by atoms with van der Waals surface area (Å²) in [6.07, 6.45) is 1.55. The van der Waals surface area contributed by atoms with Crippen molar-refractivity contribution in [2.75, 3.05) is 26.3 Å². The number of benzene rings is 3. The molecule has 0 bridgehead atoms. The van der Waals surface area contributed by atoms with Crippen molar-refractivity contribution < 1.29 is 49.8 Å². The Kier molecular flexibility index (Phi) is 9.72. The zero-order valence-electron chi connectivity index (χ0n) is 30.5. The summed E-state index contributed by atoms with van der Waals surface area (Å²) < 4.78 is 102. The molecule has 3 aliphatic rings. The van der Waals surface area contributed by atoms with Gasteiger partial charge in [0.15, 0.2) is 11.2 Å². The fraction of sp³-hybridized carbons (Fsp3) is 0.390. The summed E-state index contributed by atoms with van der Waals surface area (Å²) in [5, 5.41) is 9.76. The van der Waals surface area contributed by atoms with Crippen molar-refractivity contribution in [3.63, 3.8) is 0 Å². The number of carboxylic acids is 1. The third-order valence-electron chi connectivity index (χ3n) is 11.3. The van der Waals surface area contributed by atoms with E-state index < -0.39 is 54.0 Å². The van der Waals surface area contributed by atoms with Crippen LogP contribution in [0.2, 0.25) is 0 Å². The van der Waals surface area contributed by atoms with Crippen LogP contribution >= 0.6 is 0 Å². The number of fused-ring (bicyclic) bond motifs is 2. The number of oxazole rings is 2. The second-order valence-corrected chi connectivity index (χ2v) is 14.9. The highest BCUT2D eigenvalue weighted by molar-refractivity contribution is 5.81. The largest absolute Gasteiger partial charge is 0.480 e. The molecule has 2 aromatic heterocycles. The molecule has 9 nitrogen and oxygen atoms in total. The number of allylic oxidation sites excluding steroid dienone is 4. The molecule has 0 spiro atoms. The number of likely N-dealkylation sites (tertiary alicyclic amines) is 2. The van der Waals surface area contributed by atoms with Crippen LogP contribution in [0, 0.1) is 18.8 Å². The number of alkyl halides is 6. The highest BCUT2D eigenvalue weighted by Gasteiger charge is 2.50. The van der Waals surface area contributed by atoms with Crippen LogP contribution in [-0.2, 0) is 29.5 Å². The van der Waals surface area contributed by atoms with E-state index in [2.05, 4.69) is 0 Å². The smallest absolute Gasteiger partial charge is 0.420 e. The van der Waals surface area contributed by atoms with Crippen molar-refractivity contribution in [2.45, 2.75) is 64.0 Å². The van der Waals surface area contributed by atoms with E-state index in [0.29, 0.717) is 38.0 Å². The molecule has 15 heteroatoms. The van der Waals surface area contributed by atoms with Crippen LogP contribution < -0.4 is 4.74 Å². The van der Waals surface area contributed by atoms with Crippen molar-refractivity contribution in [1.82, 2.24) is 19.8 Å². The highest BCUT2D eigenvalue weighted by atomic mass is 19.4. The monoisotopic (exact) mass is 780 g/mol. The van der Waals surface area contributed by atoms with E-state index in [4.69, 9.17) is 23.5 Å². The Labute approximate surface area is 317 Å². The molecule has 3 aromatic carbocycles. The fourth-order valence-electron chi connectivity index (χ4n) is 8.41. The number of hydrogen-bond donors (Lipinski definition) is 1. The van der Waals surface area contributed by atoms with Gasteiger partial charge in [-0.25, -0.2) is 9.97 Å². The summed E-state index contributed by atoms with van der Waals surface area (Å²) in [5.74, 6) is -2.15. The first-order chi connectivity index (χ1) is 26.7. The Morgan fingerprint density at radius 2 is 1.80 bits per heavy atom. The number of aromatic nitrogens is 2. The van der Waals surface area contributed by atoms with Crippen molar-refractivity contribution in [3.8, 4) is 5.75 Å². The zero-order chi connectivity index (χ0) is 39.5. The SMILES string of the molecule is Cc1ccccc1C1=CC=CC(c2nc3cc(CN4CCC[C@H]4C(=O)O)c(OC(F)F)cc3o2)(c2nc3cc(CN4CC(CF)C4)cc(C(F)(F)F)c3o2)C1C. The molecule has 2 saturated heterocycles. The Bertz CT molecular complexity index is 2360. The van der Waals surface area contributed by atoms with Gasteiger partial charge in [0.1, 0.15) is 33.8 Å². The molecule has 8 rings (SSSR count). The lowest BCUT2D eigenvalue weighted by molar-refractivity contribution is -0.142. The van der Waals surface area contributed by atoms with Crippen LogP contribution in [0.15, 0.2) is 75.6 Å². The average molecular weight is 781 g/mol. The minimum atomic E-state index is -4.81. The van der Waals surface area contributed by atoms with E-state index >= 15 is 0 Å². The normalized spacial score (nSPS) is 22.3. The van der Waals surface area contributed by atoms with Gasteiger partial charge in [0.25, 0.3) is 0 Å². The molecular formula is C41H38F6N4O5. The second-order valence-electron chi connectivity index (χ2n) is 14.9. The second kappa shape index (κ2) is 14.4. The van der Waals surface area contributed by atoms with Crippen molar-refractivity contribution in [1.29, 1.82) is 0 Å². The quantitative estimate of drug-likeness (QED) is 0.132. The summed E-state index contributed by atoms with van der Waals surface area (Å²) in [6.45, 7) is 1.56. The summed E-state index contributed by atoms with van der Waals surface area (Å²) in [4.78, 5) is 25.0. The van der Waals surface area contributed by atoms with Crippen molar-refractivity contribution in [3.05, 3.63) is 106 Å². The standard InChI is InChI=1S/C41H38F6N4O5/c1-22-7-3-4-8-27(22)28-9-5-11-40(23(28)2,38-49-31-14-24(18-50-19-25(17-42)20-50)13-29(35(31)56-38)41(45,46)47)37-48-30-15-26(21-51-12-6-10-32(51)36(52)53)33(55-39(43)44)16-34(30)54-37/h3-5,7-9,11,13-16,23,25,32,39H,6,10,12,17-21H2,1-2H3,(H,52,53)/t23?,32-,40?/m0/s1. The van der Waals surface area contributed by atoms with Gasteiger partial charge in [-0.3, -0.25) is 19.0 Å². The van der Waals surface area contributed by atoms with E-state index in [9.17, 15) is 36.2 Å². The molecule has 2 unspecified atom stereocenters. The number of aryl methyl sites for hydroxylation is 1. The van der Waals surface area contributed by atoms with Gasteiger partial charge in [0.2, 0.25) is 11.8 Å². The van der Waals surface area contributed by atoms with Gasteiger partial charge in [-0.15, -0.1) is 0 Å². The number of rotatable bonds is 11. The predicted octanol–water partition coefficient (Wildman–Crippen LogP) is 8.92. The van der Waals surface area contributed by atoms with Gasteiger partial charge >= 0.3 is 18.8 Å². The molecule has 56 heavy (non-hydrogen) atoms. The van der Waals surface area contributed by atoms with Gasteiger partial charge in [0, 0.05) is 49.6 Å². The molecular weight excluding hydrogens is 742 g/mol. The molecule has 2 fully saturated rings. The van der Waals surface area contributed by atoms with Gasteiger partial charge in [-0.1, -0.05) is 49.4 Å². The van der Waals surface area contributed by atoms with Crippen LogP contribution in [-0.4, -0.2) is 69.8 Å². The van der Waals surface area contributed by atoms with Crippen molar-refractivity contribution >= 4 is 33.7 Å². The minimum Gasteiger partial charge on any atom is -0.480 e. The van der Waals surface area contributed by atoms with Gasteiger partial charge < -0.3 is 18.7 Å². The van der Waals surface area contributed by atoms with E-state index in [1.807, 2.05) is 49.1 Å². The summed E-state index contributed by atoms with van der Waals surface area (Å²) in [5.41, 5.74) is 0.412. The maximum absolute atomic E-state index is 14.7. The first-order valence-electron chi connectivity index (χ1n) is 18.4. The first-order valence-corrected chi connectivity index (χ1v) is 18.4. The Morgan fingerprint density at radius 1 is 1.05 bits per heavy atom. The number of aliphatic carboxylic acids is 1. The van der Waals surface area contributed by atoms with E-state index in [0.717, 1.165) is 22.8 Å². The molecule has 5 aromatic rings. The highest BCUT2D eigenvalue weighted by Crippen LogP contribution is 2.51. The maximum Gasteiger partial charge on any atom is 0.420 e. The number of carbonyl (C=O) groups is 1. The van der Waals surface area contributed by atoms with E-state index in [1.165, 1.54) is 12.1 Å². The Hall–Kier alpha value is -5.15. The molecule has 0 radical (unpaired) electrons. The number of halogens is 6. The Balaban J connectivity index is 1.29. The molecule has 294 valence electrons. The lowest BCUT2D eigenvalue weighted by Crippen LogP contribution is -2.46. The van der Waals surface area contributed by atoms with Gasteiger partial charge in [-0.05, 0) is 66.8 Å². The minimum absolute atomic E-state index is 0.0154. The van der Waals surface area contributed by atoms with Crippen molar-refractivity contribution in [2.24, 2.45) is 11.8 Å². The number of nitrogens with zero attached hydrogens (tertiary/aromatic N) is 4. The number of ether oxygens (including phenoxy) is 1. The van der Waals surface area contributed by atoms with Crippen LogP contribution in [0.1, 0.15) is 59.4 Å². The zero-order valence-corrected chi connectivity index (χ0v) is 30.5. The fourth-order valence-corrected chi connectivity index (χ4v) is 8.41. The number of hydrogen-bond acceptors (Lipinski definition) is 8. The lowest BCUT2D eigenvalue weighted by Gasteiger charge is -2.37. The molecule has 1 N–H and O–H groups in total. The van der Waals surface area contributed by atoms with E-state index in [1.54, 1.807) is 23.1 Å². The van der Waals surface area contributed by atoms with Crippen LogP contribution in [0.25, 0.3) is 27.8 Å². The summed E-state index contributed by atoms with van der Waals surface area (Å²) in [6, 6.07) is 12.2. The maximum atomic E-state index is 14.7. The molecule has 2 aliphatic heterocycles. The van der Waals surface area contributed by atoms with Gasteiger partial charge in [0.05, 0.1) is 6.67 Å². The topological polar surface area (TPSA) is 105 Å².